The standard InChI is InChI=1S/C21H20ClF2N7O3/c1-11(14-4-3-7-25-17(14)22)34-20(33)28-18-16(29-30-31(18)2)15-6-5-12(10-26-15)19(32)27-13-8-21(23,24)9-13/h3-7,10-11,13H,8-9H2,1-2H3,(H,27,32)(H,28,33)/t11-/m1/s1. The van der Waals surface area contributed by atoms with E-state index in [0.29, 0.717) is 11.3 Å². The number of nitrogens with zero attached hydrogens (tertiary/aromatic N) is 5. The normalized spacial score (nSPS) is 15.8. The molecule has 0 spiro atoms. The maximum Gasteiger partial charge on any atom is 0.413 e. The molecule has 0 aromatic carbocycles. The number of halogens is 3. The number of aromatic nitrogens is 5. The molecule has 2 N–H and O–H groups in total. The van der Waals surface area contributed by atoms with Gasteiger partial charge in [-0.25, -0.2) is 23.2 Å². The number of carbonyl (C=O) groups is 2. The van der Waals surface area contributed by atoms with E-state index in [0.717, 1.165) is 0 Å². The molecule has 1 fully saturated rings. The number of hydrogen-bond acceptors (Lipinski definition) is 7. The van der Waals surface area contributed by atoms with Crippen LogP contribution in [0.4, 0.5) is 19.4 Å². The molecule has 0 aliphatic heterocycles. The van der Waals surface area contributed by atoms with Crippen molar-refractivity contribution in [2.45, 2.75) is 37.8 Å². The van der Waals surface area contributed by atoms with E-state index < -0.39 is 30.1 Å². The molecular formula is C21H20ClF2N7O3. The van der Waals surface area contributed by atoms with Gasteiger partial charge in [-0.15, -0.1) is 5.10 Å². The van der Waals surface area contributed by atoms with Crippen LogP contribution in [0.1, 0.15) is 41.8 Å². The second kappa shape index (κ2) is 9.29. The van der Waals surface area contributed by atoms with E-state index in [1.807, 2.05) is 0 Å². The highest BCUT2D eigenvalue weighted by atomic mass is 35.5. The number of alkyl halides is 2. The first-order valence-corrected chi connectivity index (χ1v) is 10.6. The van der Waals surface area contributed by atoms with Crippen LogP contribution in [0.25, 0.3) is 11.4 Å². The van der Waals surface area contributed by atoms with E-state index in [2.05, 4.69) is 30.9 Å². The summed E-state index contributed by atoms with van der Waals surface area (Å²) in [5.74, 6) is -3.00. The van der Waals surface area contributed by atoms with E-state index in [1.54, 1.807) is 26.1 Å². The van der Waals surface area contributed by atoms with Gasteiger partial charge in [-0.3, -0.25) is 15.1 Å². The molecule has 3 aromatic heterocycles. The van der Waals surface area contributed by atoms with Crippen molar-refractivity contribution in [3.05, 3.63) is 52.9 Å². The Morgan fingerprint density at radius 2 is 2.03 bits per heavy atom. The van der Waals surface area contributed by atoms with Crippen LogP contribution < -0.4 is 10.6 Å². The molecule has 0 unspecified atom stereocenters. The van der Waals surface area contributed by atoms with Crippen molar-refractivity contribution >= 4 is 29.4 Å². The summed E-state index contributed by atoms with van der Waals surface area (Å²) in [6.45, 7) is 1.65. The molecule has 1 aliphatic rings. The number of nitrogens with one attached hydrogen (secondary N) is 2. The Morgan fingerprint density at radius 3 is 2.68 bits per heavy atom. The number of aryl methyl sites for hydroxylation is 1. The van der Waals surface area contributed by atoms with E-state index in [9.17, 15) is 18.4 Å². The molecule has 178 valence electrons. The summed E-state index contributed by atoms with van der Waals surface area (Å²) < 4.78 is 32.6. The summed E-state index contributed by atoms with van der Waals surface area (Å²) in [5, 5.41) is 13.3. The van der Waals surface area contributed by atoms with Crippen molar-refractivity contribution in [2.75, 3.05) is 5.32 Å². The Kier molecular flexibility index (Phi) is 6.42. The Bertz CT molecular complexity index is 1210. The van der Waals surface area contributed by atoms with Crippen LogP contribution in [0.5, 0.6) is 0 Å². The maximum absolute atomic E-state index is 13.0. The molecule has 0 bridgehead atoms. The van der Waals surface area contributed by atoms with Crippen molar-refractivity contribution in [2.24, 2.45) is 7.05 Å². The van der Waals surface area contributed by atoms with Gasteiger partial charge in [0.1, 0.15) is 11.3 Å². The number of ether oxygens (including phenoxy) is 1. The summed E-state index contributed by atoms with van der Waals surface area (Å²) in [6, 6.07) is 5.82. The lowest BCUT2D eigenvalue weighted by Crippen LogP contribution is -2.50. The minimum absolute atomic E-state index is 0.207. The zero-order valence-electron chi connectivity index (χ0n) is 18.1. The van der Waals surface area contributed by atoms with Crippen LogP contribution in [-0.4, -0.2) is 48.9 Å². The minimum Gasteiger partial charge on any atom is -0.441 e. The summed E-state index contributed by atoms with van der Waals surface area (Å²) in [7, 11) is 1.57. The van der Waals surface area contributed by atoms with Crippen LogP contribution in [0.2, 0.25) is 5.15 Å². The number of pyridine rings is 2. The minimum atomic E-state index is -2.72. The molecule has 13 heteroatoms. The lowest BCUT2D eigenvalue weighted by molar-refractivity contribution is -0.0901. The predicted molar refractivity (Wildman–Crippen MR) is 117 cm³/mol. The van der Waals surface area contributed by atoms with Crippen LogP contribution in [0.3, 0.4) is 0 Å². The summed E-state index contributed by atoms with van der Waals surface area (Å²) in [4.78, 5) is 32.9. The Balaban J connectivity index is 1.42. The van der Waals surface area contributed by atoms with Gasteiger partial charge in [-0.05, 0) is 25.1 Å². The molecular weight excluding hydrogens is 472 g/mol. The van der Waals surface area contributed by atoms with Gasteiger partial charge in [0.15, 0.2) is 11.5 Å². The smallest absolute Gasteiger partial charge is 0.413 e. The second-order valence-electron chi connectivity index (χ2n) is 7.83. The predicted octanol–water partition coefficient (Wildman–Crippen LogP) is 3.76. The quantitative estimate of drug-likeness (QED) is 0.503. The first-order valence-electron chi connectivity index (χ1n) is 10.3. The third kappa shape index (κ3) is 5.11. The number of amides is 2. The van der Waals surface area contributed by atoms with E-state index in [4.69, 9.17) is 16.3 Å². The van der Waals surface area contributed by atoms with E-state index in [-0.39, 0.29) is 35.1 Å². The third-order valence-corrected chi connectivity index (χ3v) is 5.57. The first-order chi connectivity index (χ1) is 16.1. The highest BCUT2D eigenvalue weighted by molar-refractivity contribution is 6.30. The zero-order valence-corrected chi connectivity index (χ0v) is 18.9. The topological polar surface area (TPSA) is 124 Å². The fourth-order valence-electron chi connectivity index (χ4n) is 3.42. The number of hydrogen-bond donors (Lipinski definition) is 2. The lowest BCUT2D eigenvalue weighted by atomic mass is 9.88. The molecule has 34 heavy (non-hydrogen) atoms. The molecule has 3 aromatic rings. The largest absolute Gasteiger partial charge is 0.441 e. The van der Waals surface area contributed by atoms with Gasteiger partial charge in [0.2, 0.25) is 0 Å². The Morgan fingerprint density at radius 1 is 1.26 bits per heavy atom. The molecule has 0 saturated heterocycles. The van der Waals surface area contributed by atoms with Crippen LogP contribution in [0.15, 0.2) is 36.7 Å². The Labute approximate surface area is 197 Å². The van der Waals surface area contributed by atoms with Gasteiger partial charge in [-0.2, -0.15) is 0 Å². The highest BCUT2D eigenvalue weighted by Gasteiger charge is 2.45. The molecule has 2 amide bonds. The van der Waals surface area contributed by atoms with Crippen LogP contribution >= 0.6 is 11.6 Å². The van der Waals surface area contributed by atoms with Crippen molar-refractivity contribution in [3.63, 3.8) is 0 Å². The first kappa shape index (κ1) is 23.5. The maximum atomic E-state index is 13.0. The van der Waals surface area contributed by atoms with Crippen LogP contribution in [-0.2, 0) is 11.8 Å². The van der Waals surface area contributed by atoms with Gasteiger partial charge in [0.25, 0.3) is 11.8 Å². The average Bonchev–Trinajstić information content (AvgIpc) is 3.12. The Hall–Kier alpha value is -3.67. The number of anilines is 1. The summed E-state index contributed by atoms with van der Waals surface area (Å²) in [5.41, 5.74) is 1.33. The average molecular weight is 492 g/mol. The zero-order chi connectivity index (χ0) is 24.5. The lowest BCUT2D eigenvalue weighted by Gasteiger charge is -2.35. The molecule has 1 atom stereocenters. The van der Waals surface area contributed by atoms with Crippen molar-refractivity contribution in [3.8, 4) is 11.4 Å². The van der Waals surface area contributed by atoms with E-state index in [1.165, 1.54) is 29.2 Å². The second-order valence-corrected chi connectivity index (χ2v) is 8.19. The molecule has 0 radical (unpaired) electrons. The number of rotatable bonds is 6. The van der Waals surface area contributed by atoms with Gasteiger partial charge < -0.3 is 10.1 Å². The number of carbonyl (C=O) groups excluding carboxylic acids is 2. The van der Waals surface area contributed by atoms with Crippen molar-refractivity contribution in [1.29, 1.82) is 0 Å². The third-order valence-electron chi connectivity index (χ3n) is 5.25. The van der Waals surface area contributed by atoms with Crippen LogP contribution in [0, 0.1) is 0 Å². The molecule has 1 aliphatic carbocycles. The van der Waals surface area contributed by atoms with Crippen molar-refractivity contribution in [1.82, 2.24) is 30.3 Å². The fraction of sp³-hybridized carbons (Fsp3) is 0.333. The van der Waals surface area contributed by atoms with Crippen molar-refractivity contribution < 1.29 is 23.1 Å². The van der Waals surface area contributed by atoms with Gasteiger partial charge in [0.05, 0.1) is 11.3 Å². The molecule has 1 saturated carbocycles. The van der Waals surface area contributed by atoms with E-state index >= 15 is 0 Å². The monoisotopic (exact) mass is 491 g/mol. The SMILES string of the molecule is C[C@@H](OC(=O)Nc1c(-c2ccc(C(=O)NC3CC(F)(F)C3)cn2)nnn1C)c1cccnc1Cl. The van der Waals surface area contributed by atoms with Gasteiger partial charge in [0, 0.05) is 43.9 Å². The van der Waals surface area contributed by atoms with Gasteiger partial charge in [-0.1, -0.05) is 22.9 Å². The molecule has 4 rings (SSSR count). The summed E-state index contributed by atoms with van der Waals surface area (Å²) >= 11 is 6.05. The molecule has 10 nitrogen and oxygen atoms in total. The highest BCUT2D eigenvalue weighted by Crippen LogP contribution is 2.37. The molecule has 3 heterocycles. The van der Waals surface area contributed by atoms with Gasteiger partial charge >= 0.3 is 6.09 Å². The summed E-state index contributed by atoms with van der Waals surface area (Å²) in [6.07, 6.45) is 0.635. The fourth-order valence-corrected chi connectivity index (χ4v) is 3.69.